The summed E-state index contributed by atoms with van der Waals surface area (Å²) in [6.07, 6.45) is 5.38. The first-order valence-electron chi connectivity index (χ1n) is 15.6. The maximum absolute atomic E-state index is 6.47. The molecule has 6 nitrogen and oxygen atoms in total. The van der Waals surface area contributed by atoms with Gasteiger partial charge in [0.25, 0.3) is 0 Å². The Kier molecular flexibility index (Phi) is 8.14. The number of ether oxygens (including phenoxy) is 1. The fraction of sp³-hybridized carbons (Fsp3) is 0.122. The van der Waals surface area contributed by atoms with Crippen LogP contribution in [0.5, 0.6) is 11.5 Å². The Labute approximate surface area is 293 Å². The summed E-state index contributed by atoms with van der Waals surface area (Å²) in [4.78, 5) is 4.79. The molecule has 0 unspecified atom stereocenters. The van der Waals surface area contributed by atoms with E-state index in [9.17, 15) is 0 Å². The van der Waals surface area contributed by atoms with Crippen LogP contribution in [0.15, 0.2) is 126 Å². The summed E-state index contributed by atoms with van der Waals surface area (Å²) < 4.78 is 18.9. The van der Waals surface area contributed by atoms with Gasteiger partial charge in [-0.3, -0.25) is 0 Å². The zero-order chi connectivity index (χ0) is 32.1. The third-order valence-electron chi connectivity index (χ3n) is 8.41. The first-order valence-corrected chi connectivity index (χ1v) is 15.6. The van der Waals surface area contributed by atoms with Gasteiger partial charge in [-0.1, -0.05) is 86.6 Å². The first kappa shape index (κ1) is 31.4. The molecule has 48 heavy (non-hydrogen) atoms. The molecule has 240 valence electrons. The van der Waals surface area contributed by atoms with Gasteiger partial charge in [0.05, 0.1) is 18.1 Å². The van der Waals surface area contributed by atoms with Crippen molar-refractivity contribution in [3.8, 4) is 23.0 Å². The molecule has 0 aliphatic rings. The summed E-state index contributed by atoms with van der Waals surface area (Å²) in [5, 5.41) is 2.22. The second kappa shape index (κ2) is 12.4. The summed E-state index contributed by atoms with van der Waals surface area (Å²) in [5.74, 6) is 1.98. The summed E-state index contributed by atoms with van der Waals surface area (Å²) in [6, 6.07) is 45.4. The molecule has 0 radical (unpaired) electrons. The van der Waals surface area contributed by atoms with Gasteiger partial charge >= 0.3 is 0 Å². The number of rotatable bonds is 4. The third kappa shape index (κ3) is 5.67. The molecule has 0 N–H and O–H groups in total. The van der Waals surface area contributed by atoms with Gasteiger partial charge in [0.2, 0.25) is 6.33 Å². The van der Waals surface area contributed by atoms with Crippen molar-refractivity contribution in [2.75, 3.05) is 0 Å². The van der Waals surface area contributed by atoms with E-state index in [1.807, 2.05) is 95.2 Å². The molecule has 0 aliphatic heterocycles. The summed E-state index contributed by atoms with van der Waals surface area (Å²) in [5.41, 5.74) is 7.14. The molecule has 3 aromatic heterocycles. The summed E-state index contributed by atoms with van der Waals surface area (Å²) in [7, 11) is 1.96. The molecule has 0 atom stereocenters. The number of pyridine rings is 1. The largest absolute Gasteiger partial charge is 0.510 e. The van der Waals surface area contributed by atoms with Gasteiger partial charge in [-0.05, 0) is 46.7 Å². The van der Waals surface area contributed by atoms with E-state index in [-0.39, 0.29) is 26.5 Å². The smallest absolute Gasteiger partial charge is 0.243 e. The maximum atomic E-state index is 6.47. The van der Waals surface area contributed by atoms with E-state index in [1.54, 1.807) is 0 Å². The number of aryl methyl sites for hydroxylation is 1. The van der Waals surface area contributed by atoms with Gasteiger partial charge < -0.3 is 22.9 Å². The Morgan fingerprint density at radius 1 is 0.729 bits per heavy atom. The second-order valence-electron chi connectivity index (χ2n) is 12.6. The van der Waals surface area contributed by atoms with Crippen molar-refractivity contribution in [2.45, 2.75) is 26.2 Å². The molecule has 7 heteroatoms. The SMILES string of the molecule is Cn1[c-][n+](-c2[c-]c(Oc3[c-]c4c(cc3)c3ccccc3n4-c3cc(C(C)(C)C)ccn3)ccc2)c2ccccc2oc2ccccc21.[Pt]. The monoisotopic (exact) mass is 807 g/mol. The first-order chi connectivity index (χ1) is 22.8. The molecule has 0 saturated carbocycles. The normalized spacial score (nSPS) is 11.6. The topological polar surface area (TPSA) is 49.0 Å². The minimum Gasteiger partial charge on any atom is -0.510 e. The van der Waals surface area contributed by atoms with Crippen molar-refractivity contribution < 1.29 is 34.8 Å². The maximum Gasteiger partial charge on any atom is 0.243 e. The average Bonchev–Trinajstić information content (AvgIpc) is 3.40. The molecule has 8 aromatic rings. The molecule has 8 rings (SSSR count). The van der Waals surface area contributed by atoms with Crippen molar-refractivity contribution in [3.05, 3.63) is 145 Å². The van der Waals surface area contributed by atoms with Crippen molar-refractivity contribution in [1.29, 1.82) is 0 Å². The number of hydrogen-bond donors (Lipinski definition) is 0. The van der Waals surface area contributed by atoms with Crippen LogP contribution in [0.2, 0.25) is 0 Å². The summed E-state index contributed by atoms with van der Waals surface area (Å²) in [6.45, 7) is 6.64. The fourth-order valence-corrected chi connectivity index (χ4v) is 6.03. The molecule has 0 aliphatic carbocycles. The van der Waals surface area contributed by atoms with E-state index < -0.39 is 0 Å². The Morgan fingerprint density at radius 3 is 2.29 bits per heavy atom. The molecule has 0 spiro atoms. The predicted octanol–water partition coefficient (Wildman–Crippen LogP) is 9.31. The van der Waals surface area contributed by atoms with Crippen molar-refractivity contribution in [2.24, 2.45) is 7.05 Å². The van der Waals surface area contributed by atoms with Crippen LogP contribution in [-0.2, 0) is 33.5 Å². The zero-order valence-electron chi connectivity index (χ0n) is 27.0. The van der Waals surface area contributed by atoms with Crippen LogP contribution in [0.3, 0.4) is 0 Å². The van der Waals surface area contributed by atoms with Gasteiger partial charge in [-0.15, -0.1) is 29.7 Å². The number of para-hydroxylation sites is 5. The quantitative estimate of drug-likeness (QED) is 0.132. The van der Waals surface area contributed by atoms with Crippen molar-refractivity contribution in [1.82, 2.24) is 14.1 Å². The molecule has 3 heterocycles. The molecular weight excluding hydrogens is 776 g/mol. The van der Waals surface area contributed by atoms with Crippen LogP contribution in [0.1, 0.15) is 26.3 Å². The third-order valence-corrected chi connectivity index (χ3v) is 8.41. The van der Waals surface area contributed by atoms with Crippen LogP contribution in [-0.4, -0.2) is 14.1 Å². The van der Waals surface area contributed by atoms with Crippen LogP contribution in [0.4, 0.5) is 0 Å². The summed E-state index contributed by atoms with van der Waals surface area (Å²) >= 11 is 0. The van der Waals surface area contributed by atoms with E-state index in [0.717, 1.165) is 55.5 Å². The van der Waals surface area contributed by atoms with Crippen LogP contribution < -0.4 is 9.30 Å². The van der Waals surface area contributed by atoms with Gasteiger partial charge in [0.15, 0.2) is 0 Å². The molecule has 0 fully saturated rings. The van der Waals surface area contributed by atoms with Crippen molar-refractivity contribution >= 4 is 44.0 Å². The molecule has 0 bridgehead atoms. The van der Waals surface area contributed by atoms with E-state index in [0.29, 0.717) is 11.5 Å². The zero-order valence-corrected chi connectivity index (χ0v) is 29.2. The van der Waals surface area contributed by atoms with E-state index in [1.165, 1.54) is 5.56 Å². The second-order valence-corrected chi connectivity index (χ2v) is 12.6. The predicted molar refractivity (Wildman–Crippen MR) is 186 cm³/mol. The van der Waals surface area contributed by atoms with Crippen LogP contribution >= 0.6 is 0 Å². The molecule has 0 saturated heterocycles. The number of hydrogen-bond acceptors (Lipinski definition) is 3. The van der Waals surface area contributed by atoms with Gasteiger partial charge in [-0.2, -0.15) is 18.2 Å². The van der Waals surface area contributed by atoms with E-state index >= 15 is 0 Å². The van der Waals surface area contributed by atoms with Crippen molar-refractivity contribution in [3.63, 3.8) is 0 Å². The number of fused-ring (bicyclic) bond motifs is 5. The molecular formula is C41H32N4O2Pt-2. The fourth-order valence-electron chi connectivity index (χ4n) is 6.03. The van der Waals surface area contributed by atoms with Gasteiger partial charge in [-0.25, -0.2) is 4.98 Å². The number of nitrogens with zero attached hydrogens (tertiary/aromatic N) is 4. The van der Waals surface area contributed by atoms with E-state index in [4.69, 9.17) is 14.1 Å². The molecule has 0 amide bonds. The Morgan fingerprint density at radius 2 is 1.46 bits per heavy atom. The van der Waals surface area contributed by atoms with Crippen LogP contribution in [0, 0.1) is 18.5 Å². The van der Waals surface area contributed by atoms with Gasteiger partial charge in [0.1, 0.15) is 17.0 Å². The number of aromatic nitrogens is 4. The minimum atomic E-state index is -0.0124. The molecule has 5 aromatic carbocycles. The van der Waals surface area contributed by atoms with E-state index in [2.05, 4.69) is 86.3 Å². The van der Waals surface area contributed by atoms with Crippen LogP contribution in [0.25, 0.3) is 55.5 Å². The Balaban J connectivity index is 0.00000364. The Bertz CT molecular complexity index is 2520. The van der Waals surface area contributed by atoms with Gasteiger partial charge in [0, 0.05) is 44.3 Å². The standard InChI is InChI=1S/C41H32N4O2.Pt/c1-41(2,3)28-22-23-42-40(24-28)45-34-15-6-5-14-32(34)33-21-20-31(26-37(33)45)46-30-13-11-12-29(25-30)44-27-43(4)35-16-7-9-18-38(35)47-39-19-10-8-17-36(39)44;/h5-24H,1-4H3;/q-2;. The Hall–Kier alpha value is -5.19. The average molecular weight is 808 g/mol. The minimum absolute atomic E-state index is 0. The number of benzene rings is 5.